The normalized spacial score (nSPS) is 25.4. The van der Waals surface area contributed by atoms with Crippen molar-refractivity contribution in [3.05, 3.63) is 12.3 Å². The van der Waals surface area contributed by atoms with Crippen LogP contribution in [0.15, 0.2) is 12.3 Å². The Morgan fingerprint density at radius 3 is 2.90 bits per heavy atom. The van der Waals surface area contributed by atoms with Gasteiger partial charge in [-0.3, -0.25) is 0 Å². The van der Waals surface area contributed by atoms with Crippen molar-refractivity contribution in [3.63, 3.8) is 0 Å². The Hall–Kier alpha value is -0.110. The van der Waals surface area contributed by atoms with Crippen molar-refractivity contribution in [2.24, 2.45) is 5.92 Å². The molecule has 0 bridgehead atoms. The first-order chi connectivity index (χ1) is 4.74. The van der Waals surface area contributed by atoms with Crippen LogP contribution in [0.1, 0.15) is 13.3 Å². The first-order valence-corrected chi connectivity index (χ1v) is 4.41. The van der Waals surface area contributed by atoms with Crippen LogP contribution in [0.5, 0.6) is 0 Å². The van der Waals surface area contributed by atoms with E-state index in [0.717, 1.165) is 11.7 Å². The van der Waals surface area contributed by atoms with Crippen molar-refractivity contribution >= 4 is 12.6 Å². The van der Waals surface area contributed by atoms with Crippen molar-refractivity contribution in [3.8, 4) is 0 Å². The van der Waals surface area contributed by atoms with Gasteiger partial charge in [0.1, 0.15) is 0 Å². The topological polar surface area (TPSA) is 3.24 Å². The van der Waals surface area contributed by atoms with E-state index in [2.05, 4.69) is 31.0 Å². The number of likely N-dealkylation sites (tertiary alicyclic amines) is 1. The summed E-state index contributed by atoms with van der Waals surface area (Å²) in [7, 11) is 0. The summed E-state index contributed by atoms with van der Waals surface area (Å²) in [6, 6.07) is 0. The van der Waals surface area contributed by atoms with Crippen LogP contribution in [0.4, 0.5) is 0 Å². The number of hydrogen-bond acceptors (Lipinski definition) is 2. The van der Waals surface area contributed by atoms with Crippen molar-refractivity contribution in [2.75, 3.05) is 18.8 Å². The molecular weight excluding hydrogens is 142 g/mol. The zero-order chi connectivity index (χ0) is 7.56. The van der Waals surface area contributed by atoms with Gasteiger partial charge in [-0.25, -0.2) is 0 Å². The predicted molar refractivity (Wildman–Crippen MR) is 48.3 cm³/mol. The van der Waals surface area contributed by atoms with E-state index in [4.69, 9.17) is 0 Å². The van der Waals surface area contributed by atoms with Gasteiger partial charge < -0.3 is 4.90 Å². The van der Waals surface area contributed by atoms with Gasteiger partial charge in [-0.05, 0) is 12.3 Å². The Labute approximate surface area is 68.5 Å². The second-order valence-electron chi connectivity index (χ2n) is 3.06. The molecule has 1 unspecified atom stereocenters. The van der Waals surface area contributed by atoms with Crippen LogP contribution in [0.3, 0.4) is 0 Å². The zero-order valence-electron chi connectivity index (χ0n) is 6.51. The molecule has 1 fully saturated rings. The molecule has 0 aromatic carbocycles. The molecule has 0 N–H and O–H groups in total. The molecule has 0 saturated carbocycles. The number of nitrogens with zero attached hydrogens (tertiary/aromatic N) is 1. The third-order valence-corrected chi connectivity index (χ3v) is 2.42. The molecule has 2 heteroatoms. The molecule has 0 spiro atoms. The largest absolute Gasteiger partial charge is 0.374 e. The summed E-state index contributed by atoms with van der Waals surface area (Å²) in [6.45, 7) is 8.58. The van der Waals surface area contributed by atoms with E-state index in [0.29, 0.717) is 0 Å². The average Bonchev–Trinajstić information content (AvgIpc) is 2.34. The molecular formula is C8H15NS. The lowest BCUT2D eigenvalue weighted by molar-refractivity contribution is 0.415. The quantitative estimate of drug-likeness (QED) is 0.598. The van der Waals surface area contributed by atoms with Crippen molar-refractivity contribution < 1.29 is 0 Å². The SMILES string of the molecule is C=C(CS)N1CCC(C)C1. The molecule has 0 radical (unpaired) electrons. The summed E-state index contributed by atoms with van der Waals surface area (Å²) in [5, 5.41) is 0. The fourth-order valence-electron chi connectivity index (χ4n) is 1.32. The first-order valence-electron chi connectivity index (χ1n) is 3.77. The van der Waals surface area contributed by atoms with Crippen LogP contribution in [0.25, 0.3) is 0 Å². The highest BCUT2D eigenvalue weighted by molar-refractivity contribution is 7.80. The van der Waals surface area contributed by atoms with Gasteiger partial charge in [-0.1, -0.05) is 13.5 Å². The smallest absolute Gasteiger partial charge is 0.0298 e. The van der Waals surface area contributed by atoms with E-state index in [1.165, 1.54) is 25.2 Å². The zero-order valence-corrected chi connectivity index (χ0v) is 7.40. The minimum atomic E-state index is 0.798. The van der Waals surface area contributed by atoms with Gasteiger partial charge in [0.05, 0.1) is 0 Å². The first kappa shape index (κ1) is 7.99. The molecule has 1 aliphatic rings. The van der Waals surface area contributed by atoms with Crippen LogP contribution in [-0.4, -0.2) is 23.7 Å². The highest BCUT2D eigenvalue weighted by atomic mass is 32.1. The molecule has 0 aliphatic carbocycles. The lowest BCUT2D eigenvalue weighted by atomic mass is 10.2. The molecule has 1 heterocycles. The third-order valence-electron chi connectivity index (χ3n) is 2.05. The number of hydrogen-bond donors (Lipinski definition) is 1. The molecule has 10 heavy (non-hydrogen) atoms. The maximum atomic E-state index is 4.18. The highest BCUT2D eigenvalue weighted by Gasteiger charge is 2.18. The molecule has 1 saturated heterocycles. The predicted octanol–water partition coefficient (Wildman–Crippen LogP) is 1.77. The minimum absolute atomic E-state index is 0.798. The Morgan fingerprint density at radius 2 is 2.50 bits per heavy atom. The molecule has 1 atom stereocenters. The Bertz CT molecular complexity index is 133. The molecule has 1 rings (SSSR count). The summed E-state index contributed by atoms with van der Waals surface area (Å²) in [4.78, 5) is 2.33. The van der Waals surface area contributed by atoms with Crippen LogP contribution in [0, 0.1) is 5.92 Å². The van der Waals surface area contributed by atoms with Gasteiger partial charge in [-0.2, -0.15) is 12.6 Å². The number of rotatable bonds is 2. The van der Waals surface area contributed by atoms with E-state index in [-0.39, 0.29) is 0 Å². The van der Waals surface area contributed by atoms with Crippen LogP contribution < -0.4 is 0 Å². The van der Waals surface area contributed by atoms with E-state index in [1.54, 1.807) is 0 Å². The molecule has 0 aromatic rings. The van der Waals surface area contributed by atoms with Crippen molar-refractivity contribution in [1.29, 1.82) is 0 Å². The lowest BCUT2D eigenvalue weighted by Crippen LogP contribution is -2.19. The summed E-state index contributed by atoms with van der Waals surface area (Å²) in [6.07, 6.45) is 1.31. The molecule has 0 amide bonds. The molecule has 1 nitrogen and oxygen atoms in total. The van der Waals surface area contributed by atoms with Gasteiger partial charge in [0.25, 0.3) is 0 Å². The van der Waals surface area contributed by atoms with E-state index >= 15 is 0 Å². The fourth-order valence-corrected chi connectivity index (χ4v) is 1.52. The monoisotopic (exact) mass is 157 g/mol. The number of thiol groups is 1. The summed E-state index contributed by atoms with van der Waals surface area (Å²) >= 11 is 4.18. The lowest BCUT2D eigenvalue weighted by Gasteiger charge is -2.18. The van der Waals surface area contributed by atoms with E-state index < -0.39 is 0 Å². The second kappa shape index (κ2) is 3.33. The van der Waals surface area contributed by atoms with Gasteiger partial charge in [0.15, 0.2) is 0 Å². The van der Waals surface area contributed by atoms with Gasteiger partial charge >= 0.3 is 0 Å². The average molecular weight is 157 g/mol. The maximum Gasteiger partial charge on any atom is 0.0298 e. The van der Waals surface area contributed by atoms with E-state index in [1.807, 2.05) is 0 Å². The molecule has 0 aromatic heterocycles. The Balaban J connectivity index is 2.37. The van der Waals surface area contributed by atoms with Crippen LogP contribution >= 0.6 is 12.6 Å². The van der Waals surface area contributed by atoms with Crippen molar-refractivity contribution in [2.45, 2.75) is 13.3 Å². The molecule has 1 aliphatic heterocycles. The fraction of sp³-hybridized carbons (Fsp3) is 0.750. The molecule has 58 valence electrons. The standard InChI is InChI=1S/C8H15NS/c1-7-3-4-9(5-7)8(2)6-10/h7,10H,2-6H2,1H3. The minimum Gasteiger partial charge on any atom is -0.374 e. The van der Waals surface area contributed by atoms with Crippen LogP contribution in [-0.2, 0) is 0 Å². The van der Waals surface area contributed by atoms with Gasteiger partial charge in [0.2, 0.25) is 0 Å². The highest BCUT2D eigenvalue weighted by Crippen LogP contribution is 2.18. The summed E-state index contributed by atoms with van der Waals surface area (Å²) in [5.74, 6) is 1.64. The van der Waals surface area contributed by atoms with Gasteiger partial charge in [-0.15, -0.1) is 0 Å². The second-order valence-corrected chi connectivity index (χ2v) is 3.38. The maximum absolute atomic E-state index is 4.18. The van der Waals surface area contributed by atoms with Crippen LogP contribution in [0.2, 0.25) is 0 Å². The van der Waals surface area contributed by atoms with E-state index in [9.17, 15) is 0 Å². The summed E-state index contributed by atoms with van der Waals surface area (Å²) < 4.78 is 0. The Morgan fingerprint density at radius 1 is 1.80 bits per heavy atom. The van der Waals surface area contributed by atoms with Gasteiger partial charge in [0, 0.05) is 24.5 Å². The van der Waals surface area contributed by atoms with Crippen molar-refractivity contribution in [1.82, 2.24) is 4.90 Å². The Kier molecular flexibility index (Phi) is 2.66. The third kappa shape index (κ3) is 1.69. The summed E-state index contributed by atoms with van der Waals surface area (Å²) in [5.41, 5.74) is 1.17.